The minimum absolute atomic E-state index is 0.0491. The van der Waals surface area contributed by atoms with Crippen molar-refractivity contribution in [1.29, 1.82) is 0 Å². The molecule has 4 heterocycles. The average Bonchev–Trinajstić information content (AvgIpc) is 3.94. The second-order valence-electron chi connectivity index (χ2n) is 14.7. The predicted molar refractivity (Wildman–Crippen MR) is 193 cm³/mol. The van der Waals surface area contributed by atoms with Gasteiger partial charge in [0.15, 0.2) is 0 Å². The Kier molecular flexibility index (Phi) is 8.54. The zero-order chi connectivity index (χ0) is 33.8. The van der Waals surface area contributed by atoms with Crippen molar-refractivity contribution in [3.05, 3.63) is 71.4 Å². The summed E-state index contributed by atoms with van der Waals surface area (Å²) >= 11 is 0. The van der Waals surface area contributed by atoms with E-state index in [9.17, 15) is 4.79 Å². The number of ether oxygens (including phenoxy) is 2. The zero-order valence-corrected chi connectivity index (χ0v) is 29.4. The number of amides is 1. The number of nitrogens with zero attached hydrogens (tertiary/aromatic N) is 4. The third kappa shape index (κ3) is 5.75. The number of aromatic amines is 2. The smallest absolute Gasteiger partial charge is 0.226 e. The van der Waals surface area contributed by atoms with E-state index < -0.39 is 0 Å². The first kappa shape index (κ1) is 32.2. The van der Waals surface area contributed by atoms with Crippen molar-refractivity contribution in [3.63, 3.8) is 0 Å². The summed E-state index contributed by atoms with van der Waals surface area (Å²) in [7, 11) is 5.63. The molecule has 1 aliphatic carbocycles. The quantitative estimate of drug-likeness (QED) is 0.171. The van der Waals surface area contributed by atoms with E-state index in [1.54, 1.807) is 14.2 Å². The molecule has 5 atom stereocenters. The summed E-state index contributed by atoms with van der Waals surface area (Å²) in [6.45, 7) is 5.91. The van der Waals surface area contributed by atoms with Gasteiger partial charge in [-0.3, -0.25) is 9.69 Å². The van der Waals surface area contributed by atoms with Crippen LogP contribution in [-0.2, 0) is 27.1 Å². The van der Waals surface area contributed by atoms with E-state index in [0.29, 0.717) is 18.4 Å². The van der Waals surface area contributed by atoms with Crippen LogP contribution >= 0.6 is 0 Å². The SMILES string of the molecule is COCC1CC(c2ncc(-c3ccc(-c4ccc5c(ccc6[nH]c(C7CCC(C)N7C(=O)CC(C)OC)nc65)c4)c4c3CCC4)[nH]2)N(C)C1. The number of nitrogens with one attached hydrogen (secondary N) is 2. The molecule has 2 aromatic heterocycles. The number of carbonyl (C=O) groups is 1. The monoisotopic (exact) mass is 660 g/mol. The van der Waals surface area contributed by atoms with Crippen molar-refractivity contribution in [1.82, 2.24) is 29.7 Å². The molecule has 0 saturated carbocycles. The molecular formula is C40H48N6O3. The lowest BCUT2D eigenvalue weighted by molar-refractivity contribution is -0.136. The minimum Gasteiger partial charge on any atom is -0.384 e. The van der Waals surface area contributed by atoms with Crippen molar-refractivity contribution in [2.24, 2.45) is 5.92 Å². The Labute approximate surface area is 288 Å². The summed E-state index contributed by atoms with van der Waals surface area (Å²) < 4.78 is 10.8. The summed E-state index contributed by atoms with van der Waals surface area (Å²) in [6, 6.07) is 16.2. The lowest BCUT2D eigenvalue weighted by Crippen LogP contribution is -2.37. The molecule has 2 saturated heterocycles. The van der Waals surface area contributed by atoms with Gasteiger partial charge in [0.1, 0.15) is 11.6 Å². The molecule has 9 heteroatoms. The molecule has 3 aromatic carbocycles. The first-order valence-electron chi connectivity index (χ1n) is 18.0. The van der Waals surface area contributed by atoms with Gasteiger partial charge in [-0.15, -0.1) is 0 Å². The van der Waals surface area contributed by atoms with E-state index in [1.807, 2.05) is 18.0 Å². The van der Waals surface area contributed by atoms with E-state index in [2.05, 4.69) is 71.3 Å². The summed E-state index contributed by atoms with van der Waals surface area (Å²) in [5.74, 6) is 2.59. The van der Waals surface area contributed by atoms with Crippen molar-refractivity contribution in [2.75, 3.05) is 34.4 Å². The number of benzene rings is 3. The number of hydrogen-bond acceptors (Lipinski definition) is 6. The highest BCUT2D eigenvalue weighted by Gasteiger charge is 2.37. The molecule has 1 amide bonds. The molecular weight excluding hydrogens is 612 g/mol. The third-order valence-electron chi connectivity index (χ3n) is 11.5. The summed E-state index contributed by atoms with van der Waals surface area (Å²) in [4.78, 5) is 35.0. The lowest BCUT2D eigenvalue weighted by atomic mass is 9.91. The van der Waals surface area contributed by atoms with E-state index >= 15 is 0 Å². The van der Waals surface area contributed by atoms with Gasteiger partial charge in [0, 0.05) is 37.8 Å². The number of imidazole rings is 2. The Morgan fingerprint density at radius 2 is 1.82 bits per heavy atom. The molecule has 2 fully saturated rings. The lowest BCUT2D eigenvalue weighted by Gasteiger charge is -2.28. The molecule has 2 N–H and O–H groups in total. The normalized spacial score (nSPS) is 23.2. The van der Waals surface area contributed by atoms with Crippen LogP contribution < -0.4 is 0 Å². The minimum atomic E-state index is -0.107. The van der Waals surface area contributed by atoms with Gasteiger partial charge in [-0.25, -0.2) is 9.97 Å². The van der Waals surface area contributed by atoms with Crippen LogP contribution in [0.2, 0.25) is 0 Å². The zero-order valence-electron chi connectivity index (χ0n) is 29.4. The Morgan fingerprint density at radius 3 is 2.63 bits per heavy atom. The van der Waals surface area contributed by atoms with Crippen LogP contribution in [0.4, 0.5) is 0 Å². The molecule has 8 rings (SSSR count). The Balaban J connectivity index is 1.08. The van der Waals surface area contributed by atoms with Crippen LogP contribution in [0.25, 0.3) is 44.2 Å². The first-order valence-corrected chi connectivity index (χ1v) is 18.0. The van der Waals surface area contributed by atoms with Gasteiger partial charge in [-0.05, 0) is 105 Å². The number of carbonyl (C=O) groups excluding carboxylic acids is 1. The van der Waals surface area contributed by atoms with Crippen LogP contribution in [-0.4, -0.2) is 82.2 Å². The van der Waals surface area contributed by atoms with E-state index in [4.69, 9.17) is 19.4 Å². The fraction of sp³-hybridized carbons (Fsp3) is 0.475. The van der Waals surface area contributed by atoms with Crippen LogP contribution in [0.5, 0.6) is 0 Å². The van der Waals surface area contributed by atoms with Crippen LogP contribution in [0.15, 0.2) is 48.7 Å². The maximum absolute atomic E-state index is 13.3. The number of hydrogen-bond donors (Lipinski definition) is 2. The van der Waals surface area contributed by atoms with Crippen LogP contribution in [0, 0.1) is 5.92 Å². The number of likely N-dealkylation sites (tertiary alicyclic amines) is 2. The highest BCUT2D eigenvalue weighted by atomic mass is 16.5. The number of aromatic nitrogens is 4. The van der Waals surface area contributed by atoms with Crippen molar-refractivity contribution < 1.29 is 14.3 Å². The second kappa shape index (κ2) is 13.0. The Bertz CT molecular complexity index is 2010. The van der Waals surface area contributed by atoms with Gasteiger partial charge in [0.05, 0.1) is 54.1 Å². The maximum Gasteiger partial charge on any atom is 0.226 e. The molecule has 2 aliphatic heterocycles. The van der Waals surface area contributed by atoms with Crippen molar-refractivity contribution >= 4 is 27.7 Å². The molecule has 0 spiro atoms. The highest BCUT2D eigenvalue weighted by molar-refractivity contribution is 6.05. The Hall–Kier alpha value is -4.05. The summed E-state index contributed by atoms with van der Waals surface area (Å²) in [5.41, 5.74) is 9.83. The first-order chi connectivity index (χ1) is 23.8. The van der Waals surface area contributed by atoms with Gasteiger partial charge >= 0.3 is 0 Å². The van der Waals surface area contributed by atoms with E-state index in [-0.39, 0.29) is 24.1 Å². The molecule has 256 valence electrons. The fourth-order valence-electron chi connectivity index (χ4n) is 8.91. The molecule has 5 aromatic rings. The van der Waals surface area contributed by atoms with E-state index in [0.717, 1.165) is 79.0 Å². The molecule has 5 unspecified atom stereocenters. The largest absolute Gasteiger partial charge is 0.384 e. The molecule has 0 bridgehead atoms. The number of H-pyrrole nitrogens is 2. The van der Waals surface area contributed by atoms with Crippen molar-refractivity contribution in [3.8, 4) is 22.4 Å². The number of rotatable bonds is 9. The predicted octanol–water partition coefficient (Wildman–Crippen LogP) is 7.38. The molecule has 3 aliphatic rings. The molecule has 0 radical (unpaired) electrons. The van der Waals surface area contributed by atoms with Crippen LogP contribution in [0.3, 0.4) is 0 Å². The molecule has 9 nitrogen and oxygen atoms in total. The summed E-state index contributed by atoms with van der Waals surface area (Å²) in [6.07, 6.45) is 8.57. The van der Waals surface area contributed by atoms with Crippen molar-refractivity contribution in [2.45, 2.75) is 83.0 Å². The van der Waals surface area contributed by atoms with Gasteiger partial charge < -0.3 is 24.3 Å². The van der Waals surface area contributed by atoms with Crippen LogP contribution in [0.1, 0.15) is 80.8 Å². The van der Waals surface area contributed by atoms with Gasteiger partial charge in [0.25, 0.3) is 0 Å². The number of fused-ring (bicyclic) bond motifs is 4. The average molecular weight is 661 g/mol. The summed E-state index contributed by atoms with van der Waals surface area (Å²) in [5, 5.41) is 2.30. The topological polar surface area (TPSA) is 99.4 Å². The fourth-order valence-corrected chi connectivity index (χ4v) is 8.91. The second-order valence-corrected chi connectivity index (χ2v) is 14.7. The highest BCUT2D eigenvalue weighted by Crippen LogP contribution is 2.42. The van der Waals surface area contributed by atoms with Gasteiger partial charge in [0.2, 0.25) is 5.91 Å². The van der Waals surface area contributed by atoms with E-state index in [1.165, 1.54) is 39.6 Å². The van der Waals surface area contributed by atoms with Gasteiger partial charge in [-0.2, -0.15) is 0 Å². The standard InChI is InChI=1S/C40H48N6O3/c1-23-9-16-35(46(23)37(47)17-24(2)49-5)40-42-33-15-11-27-19-26(10-12-29(27)38(33)44-40)28-13-14-32(31-8-6-7-30(28)31)34-20-41-39(43-34)36-18-25(22-48-4)21-45(36)3/h10-15,19-20,23-25,35-36H,6-9,16-18,21-22H2,1-5H3,(H,41,43)(H,42,44). The number of methoxy groups -OCH3 is 2. The van der Waals surface area contributed by atoms with Gasteiger partial charge in [-0.1, -0.05) is 30.3 Å². The molecule has 49 heavy (non-hydrogen) atoms. The third-order valence-corrected chi connectivity index (χ3v) is 11.5. The maximum atomic E-state index is 13.3. The Morgan fingerprint density at radius 1 is 1.00 bits per heavy atom.